The van der Waals surface area contributed by atoms with Crippen molar-refractivity contribution in [3.8, 4) is 0 Å². The van der Waals surface area contributed by atoms with E-state index in [9.17, 15) is 14.4 Å². The number of amides is 2. The van der Waals surface area contributed by atoms with E-state index in [0.29, 0.717) is 10.7 Å². The maximum absolute atomic E-state index is 11.9. The zero-order chi connectivity index (χ0) is 13.3. The van der Waals surface area contributed by atoms with Crippen LogP contribution in [0.1, 0.15) is 6.42 Å². The average Bonchev–Trinajstić information content (AvgIpc) is 2.55. The molecular weight excluding hydrogens is 278 g/mol. The largest absolute Gasteiger partial charge is 0.481 e. The maximum Gasteiger partial charge on any atom is 0.305 e. The van der Waals surface area contributed by atoms with Crippen LogP contribution in [0.3, 0.4) is 0 Å². The summed E-state index contributed by atoms with van der Waals surface area (Å²) in [6.45, 7) is 0. The van der Waals surface area contributed by atoms with E-state index in [0.717, 1.165) is 16.7 Å². The molecule has 0 bridgehead atoms. The highest BCUT2D eigenvalue weighted by Crippen LogP contribution is 2.33. The number of imide groups is 1. The Morgan fingerprint density at radius 3 is 2.50 bits per heavy atom. The second-order valence-electron chi connectivity index (χ2n) is 3.62. The molecule has 2 rings (SSSR count). The predicted octanol–water partition coefficient (Wildman–Crippen LogP) is 2.38. The van der Waals surface area contributed by atoms with Crippen LogP contribution in [-0.4, -0.2) is 27.5 Å². The van der Waals surface area contributed by atoms with Gasteiger partial charge in [0.2, 0.25) is 5.91 Å². The lowest BCUT2D eigenvalue weighted by molar-refractivity contribution is -0.138. The molecule has 94 valence electrons. The minimum atomic E-state index is -1.10. The highest BCUT2D eigenvalue weighted by Gasteiger charge is 2.41. The summed E-state index contributed by atoms with van der Waals surface area (Å²) in [5, 5.41) is 7.83. The molecule has 1 heterocycles. The van der Waals surface area contributed by atoms with Gasteiger partial charge < -0.3 is 5.11 Å². The number of carboxylic acid groups (broad SMARTS) is 1. The predicted molar refractivity (Wildman–Crippen MR) is 68.0 cm³/mol. The zero-order valence-electron chi connectivity index (χ0n) is 9.00. The molecule has 1 aliphatic rings. The first-order valence-electron chi connectivity index (χ1n) is 5.01. The molecule has 0 saturated carbocycles. The molecule has 1 aliphatic heterocycles. The Morgan fingerprint density at radius 1 is 1.33 bits per heavy atom. The summed E-state index contributed by atoms with van der Waals surface area (Å²) in [6.07, 6.45) is -0.362. The van der Waals surface area contributed by atoms with E-state index in [1.807, 2.05) is 0 Å². The average molecular weight is 286 g/mol. The molecule has 1 atom stereocenters. The normalized spacial score (nSPS) is 19.4. The monoisotopic (exact) mass is 285 g/mol. The standard InChI is InChI=1S/C11H8ClNO4S/c12-6-1-3-7(4-2-6)13-10(16)8(5-9(14)15)18-11(13)17/h1-4,8H,5H2,(H,14,15)/t8-/m0/s1. The highest BCUT2D eigenvalue weighted by atomic mass is 35.5. The number of halogens is 1. The molecule has 0 radical (unpaired) electrons. The van der Waals surface area contributed by atoms with E-state index in [2.05, 4.69) is 0 Å². The molecule has 1 saturated heterocycles. The number of nitrogens with zero attached hydrogens (tertiary/aromatic N) is 1. The molecule has 0 aliphatic carbocycles. The van der Waals surface area contributed by atoms with E-state index in [4.69, 9.17) is 16.7 Å². The quantitative estimate of drug-likeness (QED) is 0.923. The Balaban J connectivity index is 2.24. The van der Waals surface area contributed by atoms with Crippen LogP contribution in [0, 0.1) is 0 Å². The molecule has 0 unspecified atom stereocenters. The van der Waals surface area contributed by atoms with Crippen molar-refractivity contribution in [2.24, 2.45) is 0 Å². The number of carbonyl (C=O) groups is 3. The van der Waals surface area contributed by atoms with E-state index in [1.54, 1.807) is 24.3 Å². The van der Waals surface area contributed by atoms with Crippen LogP contribution in [-0.2, 0) is 9.59 Å². The SMILES string of the molecule is O=C(O)C[C@@H]1SC(=O)N(c2ccc(Cl)cc2)C1=O. The van der Waals surface area contributed by atoms with Crippen LogP contribution in [0.15, 0.2) is 24.3 Å². The fourth-order valence-electron chi connectivity index (χ4n) is 1.57. The molecular formula is C11H8ClNO4S. The van der Waals surface area contributed by atoms with Crippen LogP contribution in [0.4, 0.5) is 10.5 Å². The molecule has 7 heteroatoms. The van der Waals surface area contributed by atoms with Gasteiger partial charge in [0.25, 0.3) is 5.24 Å². The van der Waals surface area contributed by atoms with Gasteiger partial charge in [0, 0.05) is 5.02 Å². The molecule has 1 aromatic rings. The molecule has 1 N–H and O–H groups in total. The highest BCUT2D eigenvalue weighted by molar-refractivity contribution is 8.15. The Bertz CT molecular complexity index is 516. The van der Waals surface area contributed by atoms with Crippen LogP contribution in [0.2, 0.25) is 5.02 Å². The van der Waals surface area contributed by atoms with Crippen molar-refractivity contribution in [3.63, 3.8) is 0 Å². The van der Waals surface area contributed by atoms with Crippen LogP contribution in [0.5, 0.6) is 0 Å². The first kappa shape index (κ1) is 12.9. The molecule has 5 nitrogen and oxygen atoms in total. The Labute approximate surface area is 112 Å². The fourth-order valence-corrected chi connectivity index (χ4v) is 2.67. The van der Waals surface area contributed by atoms with Crippen molar-refractivity contribution in [1.82, 2.24) is 0 Å². The van der Waals surface area contributed by atoms with Crippen molar-refractivity contribution < 1.29 is 19.5 Å². The number of benzene rings is 1. The topological polar surface area (TPSA) is 74.7 Å². The van der Waals surface area contributed by atoms with E-state index in [-0.39, 0.29) is 6.42 Å². The second kappa shape index (κ2) is 4.99. The summed E-state index contributed by atoms with van der Waals surface area (Å²) < 4.78 is 0. The number of carbonyl (C=O) groups excluding carboxylic acids is 2. The van der Waals surface area contributed by atoms with Gasteiger partial charge in [-0.15, -0.1) is 0 Å². The first-order valence-corrected chi connectivity index (χ1v) is 6.27. The zero-order valence-corrected chi connectivity index (χ0v) is 10.6. The number of hydrogen-bond acceptors (Lipinski definition) is 4. The minimum Gasteiger partial charge on any atom is -0.481 e. The maximum atomic E-state index is 11.9. The van der Waals surface area contributed by atoms with Gasteiger partial charge in [-0.1, -0.05) is 11.6 Å². The van der Waals surface area contributed by atoms with Crippen LogP contribution in [0.25, 0.3) is 0 Å². The van der Waals surface area contributed by atoms with Gasteiger partial charge in [-0.05, 0) is 36.0 Å². The number of anilines is 1. The number of thioether (sulfide) groups is 1. The fraction of sp³-hybridized carbons (Fsp3) is 0.182. The van der Waals surface area contributed by atoms with Gasteiger partial charge in [0.05, 0.1) is 12.1 Å². The molecule has 0 aromatic heterocycles. The summed E-state index contributed by atoms with van der Waals surface area (Å²) in [5.74, 6) is -1.61. The third-order valence-corrected chi connectivity index (χ3v) is 3.66. The first-order chi connectivity index (χ1) is 8.49. The minimum absolute atomic E-state index is 0.362. The summed E-state index contributed by atoms with van der Waals surface area (Å²) >= 11 is 6.45. The smallest absolute Gasteiger partial charge is 0.305 e. The van der Waals surface area contributed by atoms with Crippen LogP contribution >= 0.6 is 23.4 Å². The Kier molecular flexibility index (Phi) is 3.58. The van der Waals surface area contributed by atoms with E-state index < -0.39 is 22.4 Å². The third-order valence-electron chi connectivity index (χ3n) is 2.37. The summed E-state index contributed by atoms with van der Waals surface area (Å²) in [6, 6.07) is 6.21. The van der Waals surface area contributed by atoms with Gasteiger partial charge in [-0.25, -0.2) is 4.90 Å². The number of carboxylic acids is 1. The molecule has 0 spiro atoms. The molecule has 2 amide bonds. The van der Waals surface area contributed by atoms with E-state index in [1.165, 1.54) is 0 Å². The number of aliphatic carboxylic acids is 1. The lowest BCUT2D eigenvalue weighted by Crippen LogP contribution is -2.32. The lowest BCUT2D eigenvalue weighted by atomic mass is 10.2. The van der Waals surface area contributed by atoms with Gasteiger partial charge in [0.15, 0.2) is 0 Å². The molecule has 1 aromatic carbocycles. The van der Waals surface area contributed by atoms with Crippen LogP contribution < -0.4 is 4.90 Å². The van der Waals surface area contributed by atoms with Gasteiger partial charge >= 0.3 is 5.97 Å². The second-order valence-corrected chi connectivity index (χ2v) is 5.21. The van der Waals surface area contributed by atoms with Crippen molar-refractivity contribution in [2.75, 3.05) is 4.90 Å². The van der Waals surface area contributed by atoms with Gasteiger partial charge in [-0.2, -0.15) is 0 Å². The Hall–Kier alpha value is -1.53. The lowest BCUT2D eigenvalue weighted by Gasteiger charge is -2.13. The van der Waals surface area contributed by atoms with Crippen molar-refractivity contribution in [2.45, 2.75) is 11.7 Å². The van der Waals surface area contributed by atoms with Crippen molar-refractivity contribution >= 4 is 46.2 Å². The Morgan fingerprint density at radius 2 is 1.94 bits per heavy atom. The van der Waals surface area contributed by atoms with E-state index >= 15 is 0 Å². The van der Waals surface area contributed by atoms with Crippen molar-refractivity contribution in [3.05, 3.63) is 29.3 Å². The van der Waals surface area contributed by atoms with Gasteiger partial charge in [-0.3, -0.25) is 14.4 Å². The van der Waals surface area contributed by atoms with Gasteiger partial charge in [0.1, 0.15) is 5.25 Å². The van der Waals surface area contributed by atoms with Crippen molar-refractivity contribution in [1.29, 1.82) is 0 Å². The third kappa shape index (κ3) is 2.49. The summed E-state index contributed by atoms with van der Waals surface area (Å²) in [5.41, 5.74) is 0.398. The molecule has 1 fully saturated rings. The molecule has 18 heavy (non-hydrogen) atoms. The summed E-state index contributed by atoms with van der Waals surface area (Å²) in [4.78, 5) is 35.2. The number of hydrogen-bond donors (Lipinski definition) is 1. The number of rotatable bonds is 3. The summed E-state index contributed by atoms with van der Waals surface area (Å²) in [7, 11) is 0.